The Hall–Kier alpha value is -3.38. The molecule has 0 aliphatic carbocycles. The maximum absolute atomic E-state index is 12.6. The van der Waals surface area contributed by atoms with E-state index in [0.717, 1.165) is 24.2 Å². The second-order valence-electron chi connectivity index (χ2n) is 11.8. The molecule has 1 heterocycles. The molecule has 0 bridgehead atoms. The van der Waals surface area contributed by atoms with Gasteiger partial charge in [0.05, 0.1) is 26.4 Å². The number of rotatable bonds is 19. The molecule has 1 saturated heterocycles. The molecule has 0 aromatic heterocycles. The molecular weight excluding hydrogens is 632 g/mol. The number of carbonyl (C=O) groups is 4. The molecule has 1 aliphatic rings. The van der Waals surface area contributed by atoms with Crippen molar-refractivity contribution in [1.29, 1.82) is 0 Å². The van der Waals surface area contributed by atoms with E-state index in [-0.39, 0.29) is 58.8 Å². The summed E-state index contributed by atoms with van der Waals surface area (Å²) in [6.45, 7) is 0.260. The lowest BCUT2D eigenvalue weighted by molar-refractivity contribution is -0.149. The lowest BCUT2D eigenvalue weighted by atomic mass is 10.0. The smallest absolute Gasteiger partial charge is 0.323 e. The minimum absolute atomic E-state index is 0.00842. The minimum Gasteiger partial charge on any atom is -0.494 e. The number of aliphatic carboxylic acids is 4. The van der Waals surface area contributed by atoms with E-state index in [0.29, 0.717) is 19.4 Å². The molecule has 0 spiro atoms. The monoisotopic (exact) mass is 684 g/mol. The summed E-state index contributed by atoms with van der Waals surface area (Å²) in [6, 6.07) is 2.51. The van der Waals surface area contributed by atoms with Crippen molar-refractivity contribution in [3.8, 4) is 5.75 Å². The lowest BCUT2D eigenvalue weighted by Gasteiger charge is -2.39. The van der Waals surface area contributed by atoms with Gasteiger partial charge in [-0.05, 0) is 43.4 Å². The summed E-state index contributed by atoms with van der Waals surface area (Å²) >= 11 is 0. The summed E-state index contributed by atoms with van der Waals surface area (Å²) < 4.78 is 5.79. The van der Waals surface area contributed by atoms with Crippen LogP contribution in [0.3, 0.4) is 0 Å². The van der Waals surface area contributed by atoms with Crippen molar-refractivity contribution in [2.75, 3.05) is 78.8 Å². The standard InChI is InChI=1S/C32H52N4O12/c1-2-3-18-48-24-8-4-6-23(19-24)7-5-9-25(29(40)41)33-10-12-34(26(20-37)30(42)43)14-16-36(28(22-39)32(46)47)17-15-35(13-11-33)27(21-38)31(44)45/h4,6,8,19,25-28,37-39H,2-3,5,7,9-18,20-22H2,1H3,(H,40,41)(H,42,43)(H,44,45)(H,46,47)/t25-,26-,27-,28-/m0/s1. The molecule has 16 heteroatoms. The molecule has 2 rings (SSSR count). The topological polar surface area (TPSA) is 232 Å². The molecule has 1 aromatic carbocycles. The van der Waals surface area contributed by atoms with Crippen LogP contribution in [0.4, 0.5) is 0 Å². The number of ether oxygens (including phenoxy) is 1. The summed E-state index contributed by atoms with van der Waals surface area (Å²) in [5, 5.41) is 69.3. The SMILES string of the molecule is CCCCOc1cccc(CCC[C@@H](C(=O)O)N2CCN([C@@H](CO)C(=O)O)CCN([C@@H](CO)C(=O)O)CCN([C@@H](CO)C(=O)O)CC2)c1. The fraction of sp³-hybridized carbons (Fsp3) is 0.688. The van der Waals surface area contributed by atoms with Crippen molar-refractivity contribution in [2.45, 2.75) is 63.2 Å². The summed E-state index contributed by atoms with van der Waals surface area (Å²) in [5.41, 5.74) is 0.978. The van der Waals surface area contributed by atoms with Gasteiger partial charge in [-0.15, -0.1) is 0 Å². The van der Waals surface area contributed by atoms with Crippen LogP contribution in [-0.4, -0.2) is 182 Å². The molecule has 272 valence electrons. The van der Waals surface area contributed by atoms with Gasteiger partial charge >= 0.3 is 23.9 Å². The van der Waals surface area contributed by atoms with Gasteiger partial charge in [-0.2, -0.15) is 0 Å². The predicted octanol–water partition coefficient (Wildman–Crippen LogP) is -0.800. The molecular formula is C32H52N4O12. The second kappa shape index (κ2) is 21.6. The number of nitrogens with zero attached hydrogens (tertiary/aromatic N) is 4. The number of hydrogen-bond donors (Lipinski definition) is 7. The highest BCUT2D eigenvalue weighted by Crippen LogP contribution is 2.18. The molecule has 48 heavy (non-hydrogen) atoms. The van der Waals surface area contributed by atoms with Gasteiger partial charge in [0.15, 0.2) is 0 Å². The van der Waals surface area contributed by atoms with Gasteiger partial charge in [-0.3, -0.25) is 38.8 Å². The maximum atomic E-state index is 12.6. The highest BCUT2D eigenvalue weighted by molar-refractivity contribution is 5.75. The van der Waals surface area contributed by atoms with E-state index in [1.165, 1.54) is 14.7 Å². The molecule has 1 fully saturated rings. The molecule has 0 radical (unpaired) electrons. The quantitative estimate of drug-likeness (QED) is 0.0884. The van der Waals surface area contributed by atoms with Crippen LogP contribution >= 0.6 is 0 Å². The average molecular weight is 685 g/mol. The van der Waals surface area contributed by atoms with E-state index in [1.807, 2.05) is 24.3 Å². The molecule has 0 unspecified atom stereocenters. The fourth-order valence-corrected chi connectivity index (χ4v) is 5.86. The third kappa shape index (κ3) is 12.9. The Kier molecular flexibility index (Phi) is 18.3. The van der Waals surface area contributed by atoms with Gasteiger partial charge in [0.2, 0.25) is 0 Å². The summed E-state index contributed by atoms with van der Waals surface area (Å²) in [6.07, 6.45) is 3.23. The summed E-state index contributed by atoms with van der Waals surface area (Å²) in [4.78, 5) is 54.6. The Labute approximate surface area is 280 Å². The van der Waals surface area contributed by atoms with Gasteiger partial charge in [-0.1, -0.05) is 25.5 Å². The zero-order chi connectivity index (χ0) is 35.6. The fourth-order valence-electron chi connectivity index (χ4n) is 5.86. The highest BCUT2D eigenvalue weighted by atomic mass is 16.5. The molecule has 1 aliphatic heterocycles. The Morgan fingerprint density at radius 2 is 1.04 bits per heavy atom. The van der Waals surface area contributed by atoms with Crippen LogP contribution < -0.4 is 4.74 Å². The Morgan fingerprint density at radius 3 is 1.40 bits per heavy atom. The van der Waals surface area contributed by atoms with Gasteiger partial charge in [-0.25, -0.2) is 0 Å². The van der Waals surface area contributed by atoms with Gasteiger partial charge in [0.25, 0.3) is 0 Å². The number of aliphatic hydroxyl groups excluding tert-OH is 3. The van der Waals surface area contributed by atoms with Crippen LogP contribution in [-0.2, 0) is 25.6 Å². The van der Waals surface area contributed by atoms with E-state index in [4.69, 9.17) is 4.74 Å². The number of aliphatic hydroxyl groups is 3. The number of hydrogen-bond acceptors (Lipinski definition) is 12. The van der Waals surface area contributed by atoms with Crippen molar-refractivity contribution in [1.82, 2.24) is 19.6 Å². The van der Waals surface area contributed by atoms with E-state index in [2.05, 4.69) is 6.92 Å². The number of aryl methyl sites for hydroxylation is 1. The van der Waals surface area contributed by atoms with Gasteiger partial charge in [0.1, 0.15) is 29.9 Å². The molecule has 7 N–H and O–H groups in total. The van der Waals surface area contributed by atoms with Crippen LogP contribution in [0.25, 0.3) is 0 Å². The Morgan fingerprint density at radius 1 is 0.646 bits per heavy atom. The van der Waals surface area contributed by atoms with E-state index < -0.39 is 67.9 Å². The minimum atomic E-state index is -1.37. The van der Waals surface area contributed by atoms with Gasteiger partial charge in [0, 0.05) is 52.4 Å². The van der Waals surface area contributed by atoms with Gasteiger partial charge < -0.3 is 40.5 Å². The van der Waals surface area contributed by atoms with Crippen molar-refractivity contribution in [2.24, 2.45) is 0 Å². The van der Waals surface area contributed by atoms with Crippen LogP contribution in [0.2, 0.25) is 0 Å². The van der Waals surface area contributed by atoms with E-state index in [9.17, 15) is 54.9 Å². The molecule has 0 amide bonds. The predicted molar refractivity (Wildman–Crippen MR) is 173 cm³/mol. The molecule has 1 aromatic rings. The Balaban J connectivity index is 2.36. The highest BCUT2D eigenvalue weighted by Gasteiger charge is 2.34. The largest absolute Gasteiger partial charge is 0.494 e. The van der Waals surface area contributed by atoms with Crippen LogP contribution in [0, 0.1) is 0 Å². The summed E-state index contributed by atoms with van der Waals surface area (Å²) in [7, 11) is 0. The van der Waals surface area contributed by atoms with Crippen molar-refractivity contribution in [3.63, 3.8) is 0 Å². The van der Waals surface area contributed by atoms with Crippen LogP contribution in [0.5, 0.6) is 5.75 Å². The normalized spacial score (nSPS) is 18.9. The Bertz CT molecular complexity index is 1120. The van der Waals surface area contributed by atoms with E-state index >= 15 is 0 Å². The van der Waals surface area contributed by atoms with Crippen LogP contribution in [0.15, 0.2) is 24.3 Å². The number of carboxylic acids is 4. The van der Waals surface area contributed by atoms with E-state index in [1.54, 1.807) is 4.90 Å². The summed E-state index contributed by atoms with van der Waals surface area (Å²) in [5.74, 6) is -4.32. The first-order valence-electron chi connectivity index (χ1n) is 16.4. The number of benzene rings is 1. The first-order chi connectivity index (χ1) is 23.0. The molecule has 16 nitrogen and oxygen atoms in total. The van der Waals surface area contributed by atoms with Crippen molar-refractivity contribution in [3.05, 3.63) is 29.8 Å². The van der Waals surface area contributed by atoms with Crippen LogP contribution in [0.1, 0.15) is 38.2 Å². The third-order valence-corrected chi connectivity index (χ3v) is 8.73. The number of unbranched alkanes of at least 4 members (excludes halogenated alkanes) is 1. The van der Waals surface area contributed by atoms with Crippen molar-refractivity contribution < 1.29 is 59.7 Å². The third-order valence-electron chi connectivity index (χ3n) is 8.73. The maximum Gasteiger partial charge on any atom is 0.323 e. The first kappa shape index (κ1) is 40.8. The average Bonchev–Trinajstić information content (AvgIpc) is 3.03. The van der Waals surface area contributed by atoms with Crippen molar-refractivity contribution >= 4 is 23.9 Å². The zero-order valence-electron chi connectivity index (χ0n) is 27.6. The first-order valence-corrected chi connectivity index (χ1v) is 16.4. The second-order valence-corrected chi connectivity index (χ2v) is 11.8. The number of carboxylic acid groups (broad SMARTS) is 4. The lowest BCUT2D eigenvalue weighted by Crippen LogP contribution is -2.57. The molecule has 0 saturated carbocycles. The molecule has 4 atom stereocenters. The zero-order valence-corrected chi connectivity index (χ0v) is 27.6.